The van der Waals surface area contributed by atoms with E-state index in [-0.39, 0.29) is 5.82 Å². The maximum atomic E-state index is 13.6. The van der Waals surface area contributed by atoms with Crippen molar-refractivity contribution in [1.82, 2.24) is 14.9 Å². The first-order chi connectivity index (χ1) is 17.5. The van der Waals surface area contributed by atoms with E-state index in [1.807, 2.05) is 24.3 Å². The van der Waals surface area contributed by atoms with E-state index in [1.165, 1.54) is 54.6 Å². The number of pyridine rings is 1. The second-order valence-corrected chi connectivity index (χ2v) is 11.9. The van der Waals surface area contributed by atoms with Gasteiger partial charge in [-0.05, 0) is 91.5 Å². The van der Waals surface area contributed by atoms with E-state index in [9.17, 15) is 9.65 Å². The van der Waals surface area contributed by atoms with Gasteiger partial charge in [-0.2, -0.15) is 10.2 Å². The van der Waals surface area contributed by atoms with Gasteiger partial charge in [0, 0.05) is 32.8 Å². The molecule has 10 heteroatoms. The molecule has 0 radical (unpaired) electrons. The van der Waals surface area contributed by atoms with Gasteiger partial charge in [0.05, 0.1) is 21.8 Å². The van der Waals surface area contributed by atoms with Gasteiger partial charge in [0.25, 0.3) is 0 Å². The Kier molecular flexibility index (Phi) is 7.90. The molecule has 1 N–H and O–H groups in total. The molecule has 2 aromatic carbocycles. The molecule has 1 aliphatic heterocycles. The molecule has 1 atom stereocenters. The zero-order valence-electron chi connectivity index (χ0n) is 19.5. The van der Waals surface area contributed by atoms with E-state index in [0.29, 0.717) is 22.3 Å². The molecule has 5 rings (SSSR count). The normalized spacial score (nSPS) is 16.1. The zero-order valence-corrected chi connectivity index (χ0v) is 23.3. The standard InChI is InChI=1S/C26H23FIN5OS2/c1-33-10-2-3-16(14-33)15-34-20-7-5-19(6-8-20)31-26-32-25-24(36-26)23(17(12-29)13-30-25)35-22-9-4-18(27)11-21(22)28/h4-9,11,13,16H,2-3,10,14-15H2,1H3,(H,30,31,32). The van der Waals surface area contributed by atoms with E-state index in [0.717, 1.165) is 42.6 Å². The van der Waals surface area contributed by atoms with Crippen LogP contribution in [0.5, 0.6) is 5.75 Å². The lowest BCUT2D eigenvalue weighted by Gasteiger charge is -2.29. The highest BCUT2D eigenvalue weighted by atomic mass is 127. The molecular formula is C26H23FIN5OS2. The van der Waals surface area contributed by atoms with Crippen molar-refractivity contribution in [2.24, 2.45) is 5.92 Å². The Morgan fingerprint density at radius 2 is 2.14 bits per heavy atom. The van der Waals surface area contributed by atoms with Gasteiger partial charge >= 0.3 is 0 Å². The molecular weight excluding hydrogens is 608 g/mol. The fourth-order valence-electron chi connectivity index (χ4n) is 4.14. The van der Waals surface area contributed by atoms with Crippen molar-refractivity contribution in [2.45, 2.75) is 22.6 Å². The summed E-state index contributed by atoms with van der Waals surface area (Å²) in [6.45, 7) is 2.98. The molecule has 0 saturated carbocycles. The number of aromatic nitrogens is 2. The molecule has 3 heterocycles. The third-order valence-corrected chi connectivity index (χ3v) is 9.49. The Morgan fingerprint density at radius 1 is 1.31 bits per heavy atom. The molecule has 6 nitrogen and oxygen atoms in total. The van der Waals surface area contributed by atoms with Crippen LogP contribution >= 0.6 is 45.7 Å². The third-order valence-electron chi connectivity index (χ3n) is 5.92. The van der Waals surface area contributed by atoms with Gasteiger partial charge in [-0.15, -0.1) is 0 Å². The van der Waals surface area contributed by atoms with Crippen LogP contribution in [0.2, 0.25) is 0 Å². The number of likely N-dealkylation sites (tertiary alicyclic amines) is 1. The second-order valence-electron chi connectivity index (χ2n) is 8.69. The molecule has 2 aromatic heterocycles. The number of piperidine rings is 1. The van der Waals surface area contributed by atoms with Gasteiger partial charge in [-0.25, -0.2) is 9.37 Å². The number of hydrogen-bond acceptors (Lipinski definition) is 8. The number of anilines is 2. The summed E-state index contributed by atoms with van der Waals surface area (Å²) in [5.74, 6) is 1.14. The van der Waals surface area contributed by atoms with Crippen LogP contribution < -0.4 is 10.1 Å². The van der Waals surface area contributed by atoms with Gasteiger partial charge in [0.15, 0.2) is 10.8 Å². The number of nitriles is 1. The number of nitrogens with one attached hydrogen (secondary N) is 1. The number of rotatable bonds is 7. The quantitative estimate of drug-likeness (QED) is 0.222. The highest BCUT2D eigenvalue weighted by Gasteiger charge is 2.18. The van der Waals surface area contributed by atoms with Crippen molar-refractivity contribution < 1.29 is 9.13 Å². The van der Waals surface area contributed by atoms with Crippen molar-refractivity contribution in [1.29, 1.82) is 5.26 Å². The monoisotopic (exact) mass is 631 g/mol. The predicted molar refractivity (Wildman–Crippen MR) is 151 cm³/mol. The smallest absolute Gasteiger partial charge is 0.189 e. The van der Waals surface area contributed by atoms with E-state index >= 15 is 0 Å². The lowest BCUT2D eigenvalue weighted by molar-refractivity contribution is 0.150. The molecule has 0 bridgehead atoms. The minimum atomic E-state index is -0.286. The van der Waals surface area contributed by atoms with Crippen LogP contribution in [0.25, 0.3) is 10.3 Å². The molecule has 4 aromatic rings. The molecule has 184 valence electrons. The molecule has 1 aliphatic rings. The number of benzene rings is 2. The molecule has 1 fully saturated rings. The second kappa shape index (κ2) is 11.3. The fourth-order valence-corrected chi connectivity index (χ4v) is 6.99. The van der Waals surface area contributed by atoms with Gasteiger partial charge in [0.2, 0.25) is 0 Å². The van der Waals surface area contributed by atoms with Gasteiger partial charge < -0.3 is 15.0 Å². The zero-order chi connectivity index (χ0) is 25.1. The summed E-state index contributed by atoms with van der Waals surface area (Å²) in [6, 6.07) is 14.7. The predicted octanol–water partition coefficient (Wildman–Crippen LogP) is 6.92. The summed E-state index contributed by atoms with van der Waals surface area (Å²) in [6.07, 6.45) is 3.98. The van der Waals surface area contributed by atoms with E-state index in [2.05, 4.69) is 55.9 Å². The Labute approximate surface area is 231 Å². The number of thiazole rings is 1. The van der Waals surface area contributed by atoms with Gasteiger partial charge in [-0.1, -0.05) is 23.1 Å². The first-order valence-corrected chi connectivity index (χ1v) is 14.2. The van der Waals surface area contributed by atoms with Crippen LogP contribution in [0, 0.1) is 26.6 Å². The van der Waals surface area contributed by atoms with Crippen LogP contribution in [0.1, 0.15) is 18.4 Å². The topological polar surface area (TPSA) is 74.1 Å². The third kappa shape index (κ3) is 5.91. The highest BCUT2D eigenvalue weighted by molar-refractivity contribution is 14.1. The minimum Gasteiger partial charge on any atom is -0.493 e. The molecule has 1 unspecified atom stereocenters. The summed E-state index contributed by atoms with van der Waals surface area (Å²) in [5.41, 5.74) is 1.92. The SMILES string of the molecule is CN1CCCC(COc2ccc(Nc3nc4ncc(C#N)c(Sc5ccc(F)cc5I)c4s3)cc2)C1. The van der Waals surface area contributed by atoms with Crippen LogP contribution in [0.3, 0.4) is 0 Å². The first-order valence-electron chi connectivity index (χ1n) is 11.5. The molecule has 0 aliphatic carbocycles. The average Bonchev–Trinajstić information content (AvgIpc) is 3.28. The van der Waals surface area contributed by atoms with Crippen molar-refractivity contribution >= 4 is 66.9 Å². The van der Waals surface area contributed by atoms with Crippen LogP contribution in [0.15, 0.2) is 58.5 Å². The molecule has 0 amide bonds. The minimum absolute atomic E-state index is 0.286. The Bertz CT molecular complexity index is 1420. The Balaban J connectivity index is 1.31. The fraction of sp³-hybridized carbons (Fsp3) is 0.269. The number of hydrogen-bond donors (Lipinski definition) is 1. The average molecular weight is 632 g/mol. The van der Waals surface area contributed by atoms with Crippen molar-refractivity contribution in [3.05, 3.63) is 63.6 Å². The van der Waals surface area contributed by atoms with Gasteiger partial charge in [-0.3, -0.25) is 0 Å². The van der Waals surface area contributed by atoms with Crippen LogP contribution in [-0.2, 0) is 0 Å². The van der Waals surface area contributed by atoms with Crippen LogP contribution in [-0.4, -0.2) is 41.6 Å². The molecule has 0 spiro atoms. The first kappa shape index (κ1) is 25.2. The number of halogens is 2. The molecule has 36 heavy (non-hydrogen) atoms. The van der Waals surface area contributed by atoms with E-state index in [1.54, 1.807) is 12.3 Å². The summed E-state index contributed by atoms with van der Waals surface area (Å²) < 4.78 is 21.2. The summed E-state index contributed by atoms with van der Waals surface area (Å²) in [7, 11) is 2.16. The van der Waals surface area contributed by atoms with E-state index in [4.69, 9.17) is 4.74 Å². The lowest BCUT2D eigenvalue weighted by atomic mass is 10.00. The number of ether oxygens (including phenoxy) is 1. The number of nitrogens with zero attached hydrogens (tertiary/aromatic N) is 4. The summed E-state index contributed by atoms with van der Waals surface area (Å²) >= 11 is 4.98. The number of fused-ring (bicyclic) bond motifs is 1. The maximum absolute atomic E-state index is 13.6. The summed E-state index contributed by atoms with van der Waals surface area (Å²) in [4.78, 5) is 13.0. The van der Waals surface area contributed by atoms with Crippen molar-refractivity contribution in [2.75, 3.05) is 32.1 Å². The van der Waals surface area contributed by atoms with Crippen molar-refractivity contribution in [3.8, 4) is 11.8 Å². The lowest BCUT2D eigenvalue weighted by Crippen LogP contribution is -2.34. The molecule has 1 saturated heterocycles. The van der Waals surface area contributed by atoms with Gasteiger partial charge in [0.1, 0.15) is 17.6 Å². The highest BCUT2D eigenvalue weighted by Crippen LogP contribution is 2.41. The largest absolute Gasteiger partial charge is 0.493 e. The Hall–Kier alpha value is -2.46. The van der Waals surface area contributed by atoms with Crippen molar-refractivity contribution in [3.63, 3.8) is 0 Å². The summed E-state index contributed by atoms with van der Waals surface area (Å²) in [5, 5.41) is 13.7. The van der Waals surface area contributed by atoms with E-state index < -0.39 is 0 Å². The van der Waals surface area contributed by atoms with Crippen LogP contribution in [0.4, 0.5) is 15.2 Å². The maximum Gasteiger partial charge on any atom is 0.189 e. The Morgan fingerprint density at radius 3 is 2.89 bits per heavy atom.